The molecule has 0 amide bonds. The van der Waals surface area contributed by atoms with Gasteiger partial charge in [-0.25, -0.2) is 0 Å². The smallest absolute Gasteiger partial charge is 0.165 e. The van der Waals surface area contributed by atoms with Gasteiger partial charge in [-0.15, -0.1) is 0 Å². The van der Waals surface area contributed by atoms with E-state index in [9.17, 15) is 4.79 Å². The second kappa shape index (κ2) is 9.64. The van der Waals surface area contributed by atoms with Crippen molar-refractivity contribution in [2.24, 2.45) is 0 Å². The third-order valence-electron chi connectivity index (χ3n) is 4.75. The van der Waals surface area contributed by atoms with Crippen LogP contribution in [0.1, 0.15) is 28.4 Å². The maximum atomic E-state index is 12.9. The predicted octanol–water partition coefficient (Wildman–Crippen LogP) is 5.14. The van der Waals surface area contributed by atoms with E-state index in [1.165, 1.54) is 0 Å². The van der Waals surface area contributed by atoms with E-state index in [1.54, 1.807) is 45.6 Å². The van der Waals surface area contributed by atoms with E-state index in [1.807, 2.05) is 48.5 Å². The molecule has 0 saturated heterocycles. The summed E-state index contributed by atoms with van der Waals surface area (Å²) in [5.41, 5.74) is 2.57. The molecule has 0 aliphatic heterocycles. The minimum atomic E-state index is -0.191. The molecule has 0 saturated carbocycles. The lowest BCUT2D eigenvalue weighted by atomic mass is 9.97. The molecule has 1 atom stereocenters. The third kappa shape index (κ3) is 5.29. The van der Waals surface area contributed by atoms with Crippen LogP contribution in [-0.2, 0) is 0 Å². The first-order valence-electron chi connectivity index (χ1n) is 9.34. The van der Waals surface area contributed by atoms with Crippen LogP contribution in [0.3, 0.4) is 0 Å². The molecule has 1 unspecified atom stereocenters. The topological polar surface area (TPSA) is 56.8 Å². The highest BCUT2D eigenvalue weighted by molar-refractivity contribution is 5.96. The number of rotatable bonds is 9. The van der Waals surface area contributed by atoms with E-state index in [0.29, 0.717) is 12.0 Å². The number of benzene rings is 3. The molecule has 5 nitrogen and oxygen atoms in total. The maximum absolute atomic E-state index is 12.9. The quantitative estimate of drug-likeness (QED) is 0.512. The van der Waals surface area contributed by atoms with Gasteiger partial charge in [-0.3, -0.25) is 4.79 Å². The number of carbonyl (C=O) groups is 1. The van der Waals surface area contributed by atoms with E-state index >= 15 is 0 Å². The Hall–Kier alpha value is -3.47. The largest absolute Gasteiger partial charge is 0.497 e. The fraction of sp³-hybridized carbons (Fsp3) is 0.208. The van der Waals surface area contributed by atoms with E-state index in [2.05, 4.69) is 5.32 Å². The van der Waals surface area contributed by atoms with Gasteiger partial charge in [-0.1, -0.05) is 12.1 Å². The summed E-state index contributed by atoms with van der Waals surface area (Å²) < 4.78 is 15.6. The minimum absolute atomic E-state index is 0.0504. The second-order valence-electron chi connectivity index (χ2n) is 6.55. The van der Waals surface area contributed by atoms with Crippen molar-refractivity contribution in [1.82, 2.24) is 0 Å². The summed E-state index contributed by atoms with van der Waals surface area (Å²) in [5.74, 6) is 2.34. The zero-order valence-corrected chi connectivity index (χ0v) is 16.8. The van der Waals surface area contributed by atoms with Crippen LogP contribution >= 0.6 is 0 Å². The number of hydrogen-bond acceptors (Lipinski definition) is 5. The Morgan fingerprint density at radius 2 is 1.17 bits per heavy atom. The molecule has 29 heavy (non-hydrogen) atoms. The Kier molecular flexibility index (Phi) is 6.74. The minimum Gasteiger partial charge on any atom is -0.497 e. The van der Waals surface area contributed by atoms with Crippen molar-refractivity contribution in [2.75, 3.05) is 26.6 Å². The molecule has 150 valence electrons. The number of anilines is 1. The van der Waals surface area contributed by atoms with Crippen molar-refractivity contribution < 1.29 is 19.0 Å². The zero-order chi connectivity index (χ0) is 20.6. The Morgan fingerprint density at radius 1 is 0.724 bits per heavy atom. The first-order chi connectivity index (χ1) is 14.1. The van der Waals surface area contributed by atoms with E-state index in [0.717, 1.165) is 28.5 Å². The highest BCUT2D eigenvalue weighted by atomic mass is 16.5. The summed E-state index contributed by atoms with van der Waals surface area (Å²) in [6, 6.07) is 22.4. The van der Waals surface area contributed by atoms with Crippen molar-refractivity contribution in [3.8, 4) is 17.2 Å². The molecule has 0 bridgehead atoms. The Morgan fingerprint density at radius 3 is 1.66 bits per heavy atom. The lowest BCUT2D eigenvalue weighted by Gasteiger charge is -2.20. The summed E-state index contributed by atoms with van der Waals surface area (Å²) in [5, 5.41) is 3.47. The molecule has 1 N–H and O–H groups in total. The SMILES string of the molecule is COc1ccc(NC(CC(=O)c2ccc(OC)cc2)c2ccc(OC)cc2)cc1. The van der Waals surface area contributed by atoms with Crippen LogP contribution < -0.4 is 19.5 Å². The first-order valence-corrected chi connectivity index (χ1v) is 9.34. The molecule has 0 heterocycles. The van der Waals surface area contributed by atoms with Gasteiger partial charge in [0.05, 0.1) is 27.4 Å². The normalized spacial score (nSPS) is 11.4. The molecule has 3 aromatic carbocycles. The maximum Gasteiger partial charge on any atom is 0.165 e. The fourth-order valence-corrected chi connectivity index (χ4v) is 3.06. The molecule has 0 aliphatic carbocycles. The fourth-order valence-electron chi connectivity index (χ4n) is 3.06. The van der Waals surface area contributed by atoms with Crippen LogP contribution in [0, 0.1) is 0 Å². The highest BCUT2D eigenvalue weighted by Gasteiger charge is 2.18. The zero-order valence-electron chi connectivity index (χ0n) is 16.8. The van der Waals surface area contributed by atoms with Crippen LogP contribution in [0.15, 0.2) is 72.8 Å². The van der Waals surface area contributed by atoms with Gasteiger partial charge in [-0.05, 0) is 66.2 Å². The lowest BCUT2D eigenvalue weighted by molar-refractivity contribution is 0.0976. The van der Waals surface area contributed by atoms with Crippen molar-refractivity contribution in [3.63, 3.8) is 0 Å². The molecule has 0 aliphatic rings. The summed E-state index contributed by atoms with van der Waals surface area (Å²) >= 11 is 0. The number of carbonyl (C=O) groups excluding carboxylic acids is 1. The van der Waals surface area contributed by atoms with Gasteiger partial charge < -0.3 is 19.5 Å². The van der Waals surface area contributed by atoms with E-state index in [-0.39, 0.29) is 11.8 Å². The third-order valence-corrected chi connectivity index (χ3v) is 4.75. The van der Waals surface area contributed by atoms with Gasteiger partial charge in [0, 0.05) is 17.7 Å². The number of Topliss-reactive ketones (excluding diaryl/α,β-unsaturated/α-hetero) is 1. The van der Waals surface area contributed by atoms with Crippen LogP contribution in [0.4, 0.5) is 5.69 Å². The summed E-state index contributed by atoms with van der Waals surface area (Å²) in [6.45, 7) is 0. The van der Waals surface area contributed by atoms with Crippen LogP contribution in [-0.4, -0.2) is 27.1 Å². The molecule has 0 spiro atoms. The predicted molar refractivity (Wildman–Crippen MR) is 114 cm³/mol. The molecule has 0 radical (unpaired) electrons. The summed E-state index contributed by atoms with van der Waals surface area (Å²) in [4.78, 5) is 12.9. The van der Waals surface area contributed by atoms with E-state index < -0.39 is 0 Å². The molecule has 3 aromatic rings. The standard InChI is InChI=1S/C24H25NO4/c1-27-20-10-4-17(5-11-20)23(25-19-8-14-22(29-3)15-9-19)16-24(26)18-6-12-21(28-2)13-7-18/h4-15,23,25H,16H2,1-3H3. The first kappa shape index (κ1) is 20.3. The average molecular weight is 391 g/mol. The van der Waals surface area contributed by atoms with Gasteiger partial charge in [0.1, 0.15) is 17.2 Å². The van der Waals surface area contributed by atoms with Crippen molar-refractivity contribution in [3.05, 3.63) is 83.9 Å². The van der Waals surface area contributed by atoms with Crippen molar-refractivity contribution >= 4 is 11.5 Å². The molecular weight excluding hydrogens is 366 g/mol. The monoisotopic (exact) mass is 391 g/mol. The highest BCUT2D eigenvalue weighted by Crippen LogP contribution is 2.27. The van der Waals surface area contributed by atoms with E-state index in [4.69, 9.17) is 14.2 Å². The average Bonchev–Trinajstić information content (AvgIpc) is 2.79. The second-order valence-corrected chi connectivity index (χ2v) is 6.55. The Bertz CT molecular complexity index is 919. The molecule has 0 aromatic heterocycles. The number of ether oxygens (including phenoxy) is 3. The molecule has 5 heteroatoms. The van der Waals surface area contributed by atoms with Crippen LogP contribution in [0.5, 0.6) is 17.2 Å². The Balaban J connectivity index is 1.82. The molecular formula is C24H25NO4. The van der Waals surface area contributed by atoms with Gasteiger partial charge in [0.15, 0.2) is 5.78 Å². The van der Waals surface area contributed by atoms with Crippen LogP contribution in [0.2, 0.25) is 0 Å². The van der Waals surface area contributed by atoms with Crippen LogP contribution in [0.25, 0.3) is 0 Å². The van der Waals surface area contributed by atoms with Gasteiger partial charge in [0.2, 0.25) is 0 Å². The summed E-state index contributed by atoms with van der Waals surface area (Å²) in [7, 11) is 4.88. The molecule has 0 fully saturated rings. The lowest BCUT2D eigenvalue weighted by Crippen LogP contribution is -2.16. The van der Waals surface area contributed by atoms with Crippen molar-refractivity contribution in [2.45, 2.75) is 12.5 Å². The number of methoxy groups -OCH3 is 3. The van der Waals surface area contributed by atoms with Gasteiger partial charge >= 0.3 is 0 Å². The van der Waals surface area contributed by atoms with Gasteiger partial charge in [-0.2, -0.15) is 0 Å². The van der Waals surface area contributed by atoms with Crippen molar-refractivity contribution in [1.29, 1.82) is 0 Å². The number of hydrogen-bond donors (Lipinski definition) is 1. The molecule has 3 rings (SSSR count). The summed E-state index contributed by atoms with van der Waals surface area (Å²) in [6.07, 6.45) is 0.310. The number of ketones is 1. The Labute approximate surface area is 171 Å². The van der Waals surface area contributed by atoms with Gasteiger partial charge in [0.25, 0.3) is 0 Å². The number of nitrogens with one attached hydrogen (secondary N) is 1.